The molecule has 0 saturated carbocycles. The molecular formula is C29H39N3O4S. The van der Waals surface area contributed by atoms with E-state index in [1.54, 1.807) is 21.3 Å². The zero-order valence-electron chi connectivity index (χ0n) is 22.4. The molecule has 200 valence electrons. The summed E-state index contributed by atoms with van der Waals surface area (Å²) in [4.78, 5) is 19.5. The number of aromatic nitrogens is 1. The van der Waals surface area contributed by atoms with Crippen molar-refractivity contribution in [2.45, 2.75) is 52.1 Å². The second-order valence-electron chi connectivity index (χ2n) is 8.94. The molecule has 1 heterocycles. The highest BCUT2D eigenvalue weighted by Crippen LogP contribution is 2.28. The molecule has 1 aromatic heterocycles. The normalized spacial score (nSPS) is 10.9. The third kappa shape index (κ3) is 9.05. The maximum atomic E-state index is 12.5. The van der Waals surface area contributed by atoms with Gasteiger partial charge in [0.05, 0.1) is 27.9 Å². The average molecular weight is 526 g/mol. The van der Waals surface area contributed by atoms with Gasteiger partial charge in [-0.1, -0.05) is 44.4 Å². The second kappa shape index (κ2) is 15.2. The first-order chi connectivity index (χ1) is 18.1. The van der Waals surface area contributed by atoms with Gasteiger partial charge in [-0.2, -0.15) is 0 Å². The molecule has 0 spiro atoms. The maximum absolute atomic E-state index is 12.5. The number of hydrogen-bond donors (Lipinski definition) is 1. The van der Waals surface area contributed by atoms with E-state index in [0.717, 1.165) is 54.6 Å². The largest absolute Gasteiger partial charge is 0.497 e. The van der Waals surface area contributed by atoms with E-state index >= 15 is 0 Å². The van der Waals surface area contributed by atoms with Crippen LogP contribution in [0.2, 0.25) is 0 Å². The molecule has 0 aliphatic carbocycles. The topological polar surface area (TPSA) is 72.9 Å². The first-order valence-corrected chi connectivity index (χ1v) is 13.7. The summed E-state index contributed by atoms with van der Waals surface area (Å²) in [5, 5.41) is 5.79. The molecule has 0 atom stereocenters. The lowest BCUT2D eigenvalue weighted by Crippen LogP contribution is -2.26. The fraction of sp³-hybridized carbons (Fsp3) is 0.448. The average Bonchev–Trinajstić information content (AvgIpc) is 3.40. The number of rotatable bonds is 16. The smallest absolute Gasteiger partial charge is 0.270 e. The number of benzene rings is 2. The number of nitrogens with one attached hydrogen (secondary N) is 1. The van der Waals surface area contributed by atoms with E-state index in [-0.39, 0.29) is 5.91 Å². The fourth-order valence-electron chi connectivity index (χ4n) is 4.05. The quantitative estimate of drug-likeness (QED) is 0.241. The summed E-state index contributed by atoms with van der Waals surface area (Å²) in [6, 6.07) is 14.2. The SMILES string of the molecule is CCCCCCNC(=O)c1csc(CN(CCc2ccc(OC)c(OC)c2)Cc2ccc(OC)cc2)n1. The van der Waals surface area contributed by atoms with Crippen LogP contribution in [0.5, 0.6) is 17.2 Å². The van der Waals surface area contributed by atoms with Gasteiger partial charge < -0.3 is 19.5 Å². The maximum Gasteiger partial charge on any atom is 0.270 e. The number of carbonyl (C=O) groups excluding carboxylic acids is 1. The van der Waals surface area contributed by atoms with Crippen molar-refractivity contribution < 1.29 is 19.0 Å². The highest BCUT2D eigenvalue weighted by Gasteiger charge is 2.15. The molecular weight excluding hydrogens is 486 g/mol. The van der Waals surface area contributed by atoms with Gasteiger partial charge >= 0.3 is 0 Å². The van der Waals surface area contributed by atoms with Crippen molar-refractivity contribution in [1.29, 1.82) is 0 Å². The van der Waals surface area contributed by atoms with Gasteiger partial charge in [-0.05, 0) is 48.2 Å². The van der Waals surface area contributed by atoms with Crippen LogP contribution < -0.4 is 19.5 Å². The predicted molar refractivity (Wildman–Crippen MR) is 149 cm³/mol. The van der Waals surface area contributed by atoms with Crippen LogP contribution in [-0.2, 0) is 19.5 Å². The molecule has 37 heavy (non-hydrogen) atoms. The highest BCUT2D eigenvalue weighted by atomic mass is 32.1. The van der Waals surface area contributed by atoms with Gasteiger partial charge in [0, 0.05) is 25.0 Å². The molecule has 0 radical (unpaired) electrons. The molecule has 0 fully saturated rings. The number of unbranched alkanes of at least 4 members (excludes halogenated alkanes) is 3. The number of carbonyl (C=O) groups is 1. The van der Waals surface area contributed by atoms with Crippen LogP contribution in [0.15, 0.2) is 47.8 Å². The van der Waals surface area contributed by atoms with E-state index in [2.05, 4.69) is 40.3 Å². The third-order valence-electron chi connectivity index (χ3n) is 6.19. The van der Waals surface area contributed by atoms with E-state index in [1.807, 2.05) is 29.6 Å². The number of amides is 1. The van der Waals surface area contributed by atoms with E-state index in [0.29, 0.717) is 18.8 Å². The van der Waals surface area contributed by atoms with Crippen molar-refractivity contribution in [3.63, 3.8) is 0 Å². The Labute approximate surface area is 224 Å². The van der Waals surface area contributed by atoms with Crippen LogP contribution in [0.3, 0.4) is 0 Å². The standard InChI is InChI=1S/C29H39N3O4S/c1-5-6-7-8-16-30-29(33)25-21-37-28(31-25)20-32(19-23-9-12-24(34-2)13-10-23)17-15-22-11-14-26(35-3)27(18-22)36-4/h9-14,18,21H,5-8,15-17,19-20H2,1-4H3,(H,30,33). The highest BCUT2D eigenvalue weighted by molar-refractivity contribution is 7.09. The molecule has 0 saturated heterocycles. The molecule has 0 aliphatic rings. The first-order valence-electron chi connectivity index (χ1n) is 12.8. The van der Waals surface area contributed by atoms with E-state index < -0.39 is 0 Å². The predicted octanol–water partition coefficient (Wildman–Crippen LogP) is 5.72. The summed E-state index contributed by atoms with van der Waals surface area (Å²) in [5.41, 5.74) is 2.86. The molecule has 2 aromatic carbocycles. The zero-order valence-corrected chi connectivity index (χ0v) is 23.2. The second-order valence-corrected chi connectivity index (χ2v) is 9.88. The fourth-order valence-corrected chi connectivity index (χ4v) is 4.87. The van der Waals surface area contributed by atoms with Crippen molar-refractivity contribution in [2.75, 3.05) is 34.4 Å². The van der Waals surface area contributed by atoms with Crippen LogP contribution in [0.4, 0.5) is 0 Å². The summed E-state index contributed by atoms with van der Waals surface area (Å²) in [6.07, 6.45) is 5.36. The number of nitrogens with zero attached hydrogens (tertiary/aromatic N) is 2. The molecule has 0 aliphatic heterocycles. The van der Waals surface area contributed by atoms with Gasteiger partial charge in [-0.25, -0.2) is 4.98 Å². The number of ether oxygens (including phenoxy) is 3. The Morgan fingerprint density at radius 1 is 0.919 bits per heavy atom. The van der Waals surface area contributed by atoms with Crippen molar-refractivity contribution in [3.05, 3.63) is 69.7 Å². The van der Waals surface area contributed by atoms with E-state index in [9.17, 15) is 4.79 Å². The van der Waals surface area contributed by atoms with Gasteiger partial charge in [0.1, 0.15) is 16.5 Å². The van der Waals surface area contributed by atoms with Gasteiger partial charge in [0.25, 0.3) is 5.91 Å². The lowest BCUT2D eigenvalue weighted by molar-refractivity contribution is 0.0948. The minimum atomic E-state index is -0.0916. The molecule has 1 N–H and O–H groups in total. The lowest BCUT2D eigenvalue weighted by Gasteiger charge is -2.22. The minimum Gasteiger partial charge on any atom is -0.497 e. The van der Waals surface area contributed by atoms with Crippen LogP contribution in [-0.4, -0.2) is 50.2 Å². The van der Waals surface area contributed by atoms with Gasteiger partial charge in [0.2, 0.25) is 0 Å². The summed E-state index contributed by atoms with van der Waals surface area (Å²) in [5.74, 6) is 2.20. The van der Waals surface area contributed by atoms with Crippen molar-refractivity contribution in [2.24, 2.45) is 0 Å². The summed E-state index contributed by atoms with van der Waals surface area (Å²) >= 11 is 1.53. The van der Waals surface area contributed by atoms with Crippen LogP contribution in [0.25, 0.3) is 0 Å². The van der Waals surface area contributed by atoms with Crippen LogP contribution in [0, 0.1) is 0 Å². The Morgan fingerprint density at radius 3 is 2.38 bits per heavy atom. The Kier molecular flexibility index (Phi) is 11.7. The molecule has 0 unspecified atom stereocenters. The van der Waals surface area contributed by atoms with E-state index in [4.69, 9.17) is 14.2 Å². The van der Waals surface area contributed by atoms with Gasteiger partial charge in [0.15, 0.2) is 11.5 Å². The third-order valence-corrected chi connectivity index (χ3v) is 7.02. The molecule has 1 amide bonds. The summed E-state index contributed by atoms with van der Waals surface area (Å²) < 4.78 is 16.2. The zero-order chi connectivity index (χ0) is 26.5. The van der Waals surface area contributed by atoms with Crippen LogP contribution in [0.1, 0.15) is 59.2 Å². The molecule has 3 rings (SSSR count). The van der Waals surface area contributed by atoms with Gasteiger partial charge in [-0.15, -0.1) is 11.3 Å². The molecule has 7 nitrogen and oxygen atoms in total. The Hall–Kier alpha value is -3.10. The van der Waals surface area contributed by atoms with Gasteiger partial charge in [-0.3, -0.25) is 9.69 Å². The lowest BCUT2D eigenvalue weighted by atomic mass is 10.1. The number of thiazole rings is 1. The van der Waals surface area contributed by atoms with E-state index in [1.165, 1.54) is 35.3 Å². The monoisotopic (exact) mass is 525 g/mol. The minimum absolute atomic E-state index is 0.0916. The summed E-state index contributed by atoms with van der Waals surface area (Å²) in [7, 11) is 4.97. The van der Waals surface area contributed by atoms with Crippen molar-refractivity contribution >= 4 is 17.2 Å². The Bertz CT molecular complexity index is 1100. The molecule has 0 bridgehead atoms. The number of methoxy groups -OCH3 is 3. The molecule has 8 heteroatoms. The Balaban J connectivity index is 1.66. The molecule has 3 aromatic rings. The Morgan fingerprint density at radius 2 is 1.68 bits per heavy atom. The summed E-state index contributed by atoms with van der Waals surface area (Å²) in [6.45, 7) is 5.12. The first kappa shape index (κ1) is 28.5. The number of hydrogen-bond acceptors (Lipinski definition) is 7. The van der Waals surface area contributed by atoms with Crippen molar-refractivity contribution in [1.82, 2.24) is 15.2 Å². The van der Waals surface area contributed by atoms with Crippen LogP contribution >= 0.6 is 11.3 Å². The van der Waals surface area contributed by atoms with Crippen molar-refractivity contribution in [3.8, 4) is 17.2 Å².